The molecular weight excluding hydrogens is 196 g/mol. The van der Waals surface area contributed by atoms with Crippen LogP contribution in [0.2, 0.25) is 0 Å². The summed E-state index contributed by atoms with van der Waals surface area (Å²) in [4.78, 5) is 0. The van der Waals surface area contributed by atoms with Crippen LogP contribution in [0.3, 0.4) is 0 Å². The number of hydrogen-bond acceptors (Lipinski definition) is 1. The Morgan fingerprint density at radius 3 is 2.81 bits per heavy atom. The summed E-state index contributed by atoms with van der Waals surface area (Å²) in [6.07, 6.45) is 3.27. The molecule has 1 aromatic carbocycles. The number of likely N-dealkylation sites (N-methyl/N-ethyl adjacent to an activating group) is 1. The SMILES string of the molecule is CNC(C)Cc1ccc2c(c1)c(C)cn2C. The van der Waals surface area contributed by atoms with Crippen molar-refractivity contribution in [2.45, 2.75) is 26.3 Å². The van der Waals surface area contributed by atoms with Crippen LogP contribution in [0.25, 0.3) is 10.9 Å². The molecule has 1 aromatic heterocycles. The zero-order chi connectivity index (χ0) is 11.7. The largest absolute Gasteiger partial charge is 0.350 e. The van der Waals surface area contributed by atoms with Gasteiger partial charge >= 0.3 is 0 Å². The fraction of sp³-hybridized carbons (Fsp3) is 0.429. The molecule has 1 N–H and O–H groups in total. The first-order valence-electron chi connectivity index (χ1n) is 5.83. The van der Waals surface area contributed by atoms with Gasteiger partial charge in [0.05, 0.1) is 0 Å². The van der Waals surface area contributed by atoms with Crippen molar-refractivity contribution in [3.05, 3.63) is 35.5 Å². The van der Waals surface area contributed by atoms with Crippen LogP contribution in [0.1, 0.15) is 18.1 Å². The molecule has 2 rings (SSSR count). The second-order valence-corrected chi connectivity index (χ2v) is 4.67. The molecule has 0 aliphatic rings. The molecule has 2 heteroatoms. The van der Waals surface area contributed by atoms with E-state index in [1.54, 1.807) is 0 Å². The van der Waals surface area contributed by atoms with Crippen LogP contribution in [0.4, 0.5) is 0 Å². The second-order valence-electron chi connectivity index (χ2n) is 4.67. The van der Waals surface area contributed by atoms with Crippen LogP contribution in [-0.4, -0.2) is 17.7 Å². The maximum absolute atomic E-state index is 3.28. The third-order valence-electron chi connectivity index (χ3n) is 3.29. The van der Waals surface area contributed by atoms with E-state index in [2.05, 4.69) is 55.2 Å². The molecule has 0 spiro atoms. The minimum absolute atomic E-state index is 0.529. The normalized spacial score (nSPS) is 13.2. The van der Waals surface area contributed by atoms with Gasteiger partial charge in [-0.15, -0.1) is 0 Å². The van der Waals surface area contributed by atoms with E-state index in [0.717, 1.165) is 6.42 Å². The number of rotatable bonds is 3. The van der Waals surface area contributed by atoms with Gasteiger partial charge in [0.25, 0.3) is 0 Å². The Balaban J connectivity index is 2.40. The molecule has 16 heavy (non-hydrogen) atoms. The highest BCUT2D eigenvalue weighted by molar-refractivity contribution is 5.84. The van der Waals surface area contributed by atoms with Crippen molar-refractivity contribution in [2.24, 2.45) is 7.05 Å². The number of hydrogen-bond donors (Lipinski definition) is 1. The van der Waals surface area contributed by atoms with Crippen molar-refractivity contribution < 1.29 is 0 Å². The first-order chi connectivity index (χ1) is 7.61. The number of fused-ring (bicyclic) bond motifs is 1. The fourth-order valence-electron chi connectivity index (χ4n) is 2.22. The van der Waals surface area contributed by atoms with Gasteiger partial charge in [-0.2, -0.15) is 0 Å². The van der Waals surface area contributed by atoms with Crippen molar-refractivity contribution in [1.29, 1.82) is 0 Å². The van der Waals surface area contributed by atoms with E-state index in [9.17, 15) is 0 Å². The van der Waals surface area contributed by atoms with Crippen molar-refractivity contribution in [3.63, 3.8) is 0 Å². The maximum Gasteiger partial charge on any atom is 0.0480 e. The summed E-state index contributed by atoms with van der Waals surface area (Å²) in [7, 11) is 4.11. The van der Waals surface area contributed by atoms with Gasteiger partial charge in [0.15, 0.2) is 0 Å². The topological polar surface area (TPSA) is 17.0 Å². The standard InChI is InChI=1S/C14H20N2/c1-10-9-16(4)14-6-5-12(8-13(10)14)7-11(2)15-3/h5-6,8-9,11,15H,7H2,1-4H3. The van der Waals surface area contributed by atoms with Gasteiger partial charge in [-0.05, 0) is 50.6 Å². The Morgan fingerprint density at radius 1 is 1.38 bits per heavy atom. The van der Waals surface area contributed by atoms with E-state index in [1.807, 2.05) is 7.05 Å². The van der Waals surface area contributed by atoms with E-state index < -0.39 is 0 Å². The number of nitrogens with one attached hydrogen (secondary N) is 1. The van der Waals surface area contributed by atoms with Gasteiger partial charge in [0.1, 0.15) is 0 Å². The van der Waals surface area contributed by atoms with Crippen LogP contribution in [0, 0.1) is 6.92 Å². The van der Waals surface area contributed by atoms with Crippen LogP contribution < -0.4 is 5.32 Å². The predicted octanol–water partition coefficient (Wildman–Crippen LogP) is 2.64. The summed E-state index contributed by atoms with van der Waals surface area (Å²) >= 11 is 0. The lowest BCUT2D eigenvalue weighted by Gasteiger charge is -2.10. The van der Waals surface area contributed by atoms with Crippen LogP contribution in [0.5, 0.6) is 0 Å². The quantitative estimate of drug-likeness (QED) is 0.834. The number of aryl methyl sites for hydroxylation is 2. The van der Waals surface area contributed by atoms with Gasteiger partial charge in [-0.25, -0.2) is 0 Å². The average Bonchev–Trinajstić information content (AvgIpc) is 2.54. The summed E-state index contributed by atoms with van der Waals surface area (Å²) < 4.78 is 2.19. The smallest absolute Gasteiger partial charge is 0.0480 e. The lowest BCUT2D eigenvalue weighted by Crippen LogP contribution is -2.23. The molecule has 0 aliphatic heterocycles. The van der Waals surface area contributed by atoms with Crippen LogP contribution in [-0.2, 0) is 13.5 Å². The molecule has 0 aliphatic carbocycles. The lowest BCUT2D eigenvalue weighted by atomic mass is 10.0. The second kappa shape index (κ2) is 4.30. The third kappa shape index (κ3) is 1.98. The van der Waals surface area contributed by atoms with E-state index in [1.165, 1.54) is 22.0 Å². The molecule has 0 fully saturated rings. The van der Waals surface area contributed by atoms with Gasteiger partial charge in [0, 0.05) is 30.2 Å². The minimum Gasteiger partial charge on any atom is -0.350 e. The highest BCUT2D eigenvalue weighted by atomic mass is 14.9. The molecule has 2 nitrogen and oxygen atoms in total. The average molecular weight is 216 g/mol. The van der Waals surface area contributed by atoms with E-state index in [0.29, 0.717) is 6.04 Å². The van der Waals surface area contributed by atoms with Crippen molar-refractivity contribution in [2.75, 3.05) is 7.05 Å². The summed E-state index contributed by atoms with van der Waals surface area (Å²) in [6, 6.07) is 7.30. The maximum atomic E-state index is 3.28. The molecule has 0 radical (unpaired) electrons. The summed E-state index contributed by atoms with van der Waals surface area (Å²) in [6.45, 7) is 4.38. The van der Waals surface area contributed by atoms with E-state index in [4.69, 9.17) is 0 Å². The number of nitrogens with zero attached hydrogens (tertiary/aromatic N) is 1. The van der Waals surface area contributed by atoms with Crippen LogP contribution >= 0.6 is 0 Å². The predicted molar refractivity (Wildman–Crippen MR) is 69.9 cm³/mol. The molecule has 0 saturated heterocycles. The lowest BCUT2D eigenvalue weighted by molar-refractivity contribution is 0.609. The Labute approximate surface area is 97.3 Å². The number of benzene rings is 1. The van der Waals surface area contributed by atoms with Crippen molar-refractivity contribution >= 4 is 10.9 Å². The first kappa shape index (κ1) is 11.2. The molecule has 86 valence electrons. The molecule has 0 amide bonds. The zero-order valence-corrected chi connectivity index (χ0v) is 10.5. The Bertz CT molecular complexity index is 497. The molecule has 1 atom stereocenters. The van der Waals surface area contributed by atoms with Gasteiger partial charge in [-0.1, -0.05) is 6.07 Å². The van der Waals surface area contributed by atoms with Crippen molar-refractivity contribution in [3.8, 4) is 0 Å². The molecule has 1 unspecified atom stereocenters. The number of aromatic nitrogens is 1. The fourth-order valence-corrected chi connectivity index (χ4v) is 2.22. The molecule has 1 heterocycles. The summed E-state index contributed by atoms with van der Waals surface area (Å²) in [5, 5.41) is 4.65. The third-order valence-corrected chi connectivity index (χ3v) is 3.29. The summed E-state index contributed by atoms with van der Waals surface area (Å²) in [5.41, 5.74) is 4.08. The van der Waals surface area contributed by atoms with E-state index >= 15 is 0 Å². The Morgan fingerprint density at radius 2 is 2.12 bits per heavy atom. The minimum atomic E-state index is 0.529. The highest BCUT2D eigenvalue weighted by Gasteiger charge is 2.05. The molecule has 0 saturated carbocycles. The first-order valence-corrected chi connectivity index (χ1v) is 5.83. The van der Waals surface area contributed by atoms with Crippen LogP contribution in [0.15, 0.2) is 24.4 Å². The highest BCUT2D eigenvalue weighted by Crippen LogP contribution is 2.21. The van der Waals surface area contributed by atoms with Crippen molar-refractivity contribution in [1.82, 2.24) is 9.88 Å². The van der Waals surface area contributed by atoms with E-state index in [-0.39, 0.29) is 0 Å². The zero-order valence-electron chi connectivity index (χ0n) is 10.5. The van der Waals surface area contributed by atoms with Gasteiger partial charge in [-0.3, -0.25) is 0 Å². The van der Waals surface area contributed by atoms with Gasteiger partial charge < -0.3 is 9.88 Å². The summed E-state index contributed by atoms with van der Waals surface area (Å²) in [5.74, 6) is 0. The molecule has 2 aromatic rings. The van der Waals surface area contributed by atoms with Gasteiger partial charge in [0.2, 0.25) is 0 Å². The Hall–Kier alpha value is -1.28. The molecular formula is C14H20N2. The Kier molecular flexibility index (Phi) is 3.01. The molecule has 0 bridgehead atoms. The monoisotopic (exact) mass is 216 g/mol.